The van der Waals surface area contributed by atoms with Crippen molar-refractivity contribution in [3.05, 3.63) is 58.9 Å². The lowest BCUT2D eigenvalue weighted by atomic mass is 10.2. The number of aliphatic hydroxyl groups excluding tert-OH is 1. The second kappa shape index (κ2) is 7.09. The molecule has 1 N–H and O–H groups in total. The van der Waals surface area contributed by atoms with E-state index in [1.807, 2.05) is 32.1 Å². The zero-order chi connectivity index (χ0) is 16.1. The number of benzene rings is 1. The van der Waals surface area contributed by atoms with Crippen LogP contribution in [0.15, 0.2) is 36.4 Å². The van der Waals surface area contributed by atoms with Crippen LogP contribution in [0.4, 0.5) is 0 Å². The predicted molar refractivity (Wildman–Crippen MR) is 87.3 cm³/mol. The highest BCUT2D eigenvalue weighted by Gasteiger charge is 2.10. The molecule has 0 radical (unpaired) electrons. The number of aromatic nitrogens is 1. The van der Waals surface area contributed by atoms with Gasteiger partial charge in [-0.1, -0.05) is 12.2 Å². The van der Waals surface area contributed by atoms with Gasteiger partial charge in [0, 0.05) is 17.1 Å². The summed E-state index contributed by atoms with van der Waals surface area (Å²) < 4.78 is 7.11. The highest BCUT2D eigenvalue weighted by Crippen LogP contribution is 2.22. The first-order valence-electron chi connectivity index (χ1n) is 7.32. The van der Waals surface area contributed by atoms with Gasteiger partial charge in [-0.05, 0) is 56.7 Å². The molecule has 0 saturated heterocycles. The molecule has 2 aromatic rings. The highest BCUT2D eigenvalue weighted by molar-refractivity contribution is 5.89. The maximum Gasteiger partial charge on any atom is 0.338 e. The Labute approximate surface area is 130 Å². The zero-order valence-corrected chi connectivity index (χ0v) is 13.2. The van der Waals surface area contributed by atoms with Gasteiger partial charge in [0.2, 0.25) is 0 Å². The molecule has 0 spiro atoms. The molecule has 0 amide bonds. The monoisotopic (exact) mass is 299 g/mol. The normalized spacial score (nSPS) is 11.1. The summed E-state index contributed by atoms with van der Waals surface area (Å²) in [4.78, 5) is 11.7. The molecule has 4 heteroatoms. The van der Waals surface area contributed by atoms with Crippen LogP contribution in [0.2, 0.25) is 0 Å². The second-order valence-electron chi connectivity index (χ2n) is 5.01. The molecule has 1 aromatic carbocycles. The average Bonchev–Trinajstić information content (AvgIpc) is 2.80. The fourth-order valence-electron chi connectivity index (χ4n) is 2.49. The summed E-state index contributed by atoms with van der Waals surface area (Å²) in [5.41, 5.74) is 4.80. The molecular formula is C18H21NO3. The maximum atomic E-state index is 11.7. The first-order chi connectivity index (χ1) is 10.6. The SMILES string of the molecule is CCOC(=O)c1ccc(-n2c(C)cc(C=CCO)c2C)cc1. The summed E-state index contributed by atoms with van der Waals surface area (Å²) in [7, 11) is 0. The molecule has 1 heterocycles. The van der Waals surface area contributed by atoms with Crippen LogP contribution in [-0.4, -0.2) is 28.9 Å². The fourth-order valence-corrected chi connectivity index (χ4v) is 2.49. The number of aryl methyl sites for hydroxylation is 1. The summed E-state index contributed by atoms with van der Waals surface area (Å²) in [6, 6.07) is 9.43. The number of carbonyl (C=O) groups is 1. The molecule has 0 saturated carbocycles. The number of hydrogen-bond donors (Lipinski definition) is 1. The third kappa shape index (κ3) is 3.28. The molecule has 0 atom stereocenters. The zero-order valence-electron chi connectivity index (χ0n) is 13.2. The van der Waals surface area contributed by atoms with Crippen molar-refractivity contribution in [3.63, 3.8) is 0 Å². The number of rotatable bonds is 5. The number of ether oxygens (including phenoxy) is 1. The van der Waals surface area contributed by atoms with E-state index in [4.69, 9.17) is 9.84 Å². The Bertz CT molecular complexity index is 681. The summed E-state index contributed by atoms with van der Waals surface area (Å²) >= 11 is 0. The molecule has 0 aliphatic heterocycles. The van der Waals surface area contributed by atoms with Crippen molar-refractivity contribution in [1.29, 1.82) is 0 Å². The Morgan fingerprint density at radius 3 is 2.55 bits per heavy atom. The lowest BCUT2D eigenvalue weighted by Gasteiger charge is -2.10. The summed E-state index contributed by atoms with van der Waals surface area (Å²) in [5.74, 6) is -0.304. The van der Waals surface area contributed by atoms with Crippen molar-refractivity contribution in [1.82, 2.24) is 4.57 Å². The summed E-state index contributed by atoms with van der Waals surface area (Å²) in [6.45, 7) is 6.25. The molecule has 0 fully saturated rings. The van der Waals surface area contributed by atoms with E-state index in [2.05, 4.69) is 10.6 Å². The quantitative estimate of drug-likeness (QED) is 0.862. The molecule has 116 valence electrons. The van der Waals surface area contributed by atoms with Gasteiger partial charge in [-0.3, -0.25) is 0 Å². The van der Waals surface area contributed by atoms with Crippen molar-refractivity contribution in [2.75, 3.05) is 13.2 Å². The molecule has 1 aromatic heterocycles. The smallest absolute Gasteiger partial charge is 0.338 e. The minimum atomic E-state index is -0.304. The first kappa shape index (κ1) is 16.0. The second-order valence-corrected chi connectivity index (χ2v) is 5.01. The van der Waals surface area contributed by atoms with Gasteiger partial charge >= 0.3 is 5.97 Å². The van der Waals surface area contributed by atoms with Gasteiger partial charge in [-0.2, -0.15) is 0 Å². The van der Waals surface area contributed by atoms with E-state index in [1.165, 1.54) is 0 Å². The van der Waals surface area contributed by atoms with Crippen LogP contribution < -0.4 is 0 Å². The van der Waals surface area contributed by atoms with Crippen molar-refractivity contribution < 1.29 is 14.6 Å². The van der Waals surface area contributed by atoms with Gasteiger partial charge in [-0.15, -0.1) is 0 Å². The predicted octanol–water partition coefficient (Wildman–Crippen LogP) is 3.28. The summed E-state index contributed by atoms with van der Waals surface area (Å²) in [5, 5.41) is 8.90. The Kier molecular flexibility index (Phi) is 5.17. The van der Waals surface area contributed by atoms with Crippen molar-refractivity contribution in [2.45, 2.75) is 20.8 Å². The number of aliphatic hydroxyl groups is 1. The third-order valence-corrected chi connectivity index (χ3v) is 3.51. The van der Waals surface area contributed by atoms with Gasteiger partial charge in [0.05, 0.1) is 18.8 Å². The molecule has 0 bridgehead atoms. The van der Waals surface area contributed by atoms with Crippen LogP contribution in [0, 0.1) is 13.8 Å². The molecule has 0 unspecified atom stereocenters. The lowest BCUT2D eigenvalue weighted by molar-refractivity contribution is 0.0526. The van der Waals surface area contributed by atoms with Gasteiger partial charge in [-0.25, -0.2) is 4.79 Å². The molecule has 0 aliphatic rings. The minimum Gasteiger partial charge on any atom is -0.462 e. The topological polar surface area (TPSA) is 51.5 Å². The Morgan fingerprint density at radius 1 is 1.27 bits per heavy atom. The van der Waals surface area contributed by atoms with Crippen LogP contribution in [0.3, 0.4) is 0 Å². The largest absolute Gasteiger partial charge is 0.462 e. The van der Waals surface area contributed by atoms with Crippen LogP contribution in [0.25, 0.3) is 11.8 Å². The Morgan fingerprint density at radius 2 is 1.95 bits per heavy atom. The Hall–Kier alpha value is -2.33. The summed E-state index contributed by atoms with van der Waals surface area (Å²) in [6.07, 6.45) is 3.63. The molecule has 4 nitrogen and oxygen atoms in total. The van der Waals surface area contributed by atoms with Gasteiger partial charge in [0.25, 0.3) is 0 Å². The van der Waals surface area contributed by atoms with E-state index < -0.39 is 0 Å². The maximum absolute atomic E-state index is 11.7. The van der Waals surface area contributed by atoms with Crippen LogP contribution >= 0.6 is 0 Å². The van der Waals surface area contributed by atoms with Crippen LogP contribution in [-0.2, 0) is 4.74 Å². The van der Waals surface area contributed by atoms with E-state index in [9.17, 15) is 4.79 Å². The molecule has 22 heavy (non-hydrogen) atoms. The number of nitrogens with zero attached hydrogens (tertiary/aromatic N) is 1. The van der Waals surface area contributed by atoms with Crippen LogP contribution in [0.1, 0.15) is 34.2 Å². The van der Waals surface area contributed by atoms with E-state index >= 15 is 0 Å². The van der Waals surface area contributed by atoms with Gasteiger partial charge < -0.3 is 14.4 Å². The van der Waals surface area contributed by atoms with E-state index in [1.54, 1.807) is 25.1 Å². The van der Waals surface area contributed by atoms with E-state index in [0.29, 0.717) is 12.2 Å². The van der Waals surface area contributed by atoms with Gasteiger partial charge in [0.15, 0.2) is 0 Å². The molecular weight excluding hydrogens is 278 g/mol. The van der Waals surface area contributed by atoms with E-state index in [0.717, 1.165) is 22.6 Å². The molecule has 0 aliphatic carbocycles. The minimum absolute atomic E-state index is 0.0257. The molecule has 2 rings (SSSR count). The Balaban J connectivity index is 2.34. The first-order valence-corrected chi connectivity index (χ1v) is 7.32. The number of esters is 1. The van der Waals surface area contributed by atoms with Crippen molar-refractivity contribution >= 4 is 12.0 Å². The number of carbonyl (C=O) groups excluding carboxylic acids is 1. The van der Waals surface area contributed by atoms with Gasteiger partial charge in [0.1, 0.15) is 0 Å². The number of hydrogen-bond acceptors (Lipinski definition) is 3. The highest BCUT2D eigenvalue weighted by atomic mass is 16.5. The van der Waals surface area contributed by atoms with Crippen LogP contribution in [0.5, 0.6) is 0 Å². The average molecular weight is 299 g/mol. The third-order valence-electron chi connectivity index (χ3n) is 3.51. The standard InChI is InChI=1S/C18H21NO3/c1-4-22-18(21)15-7-9-17(10-8-15)19-13(2)12-16(14(19)3)6-5-11-20/h5-10,12,20H,4,11H2,1-3H3. The van der Waals surface area contributed by atoms with Crippen molar-refractivity contribution in [3.8, 4) is 5.69 Å². The van der Waals surface area contributed by atoms with E-state index in [-0.39, 0.29) is 12.6 Å². The lowest BCUT2D eigenvalue weighted by Crippen LogP contribution is -2.05. The fraction of sp³-hybridized carbons (Fsp3) is 0.278. The van der Waals surface area contributed by atoms with Crippen molar-refractivity contribution in [2.24, 2.45) is 0 Å².